The second-order valence-corrected chi connectivity index (χ2v) is 10.9. The molecule has 2 fully saturated rings. The van der Waals surface area contributed by atoms with Gasteiger partial charge in [0, 0.05) is 63.5 Å². The van der Waals surface area contributed by atoms with Gasteiger partial charge >= 0.3 is 6.03 Å². The number of likely N-dealkylation sites (tertiary alicyclic amines) is 2. The van der Waals surface area contributed by atoms with Gasteiger partial charge in [0.05, 0.1) is 22.9 Å². The van der Waals surface area contributed by atoms with Crippen molar-refractivity contribution in [3.63, 3.8) is 0 Å². The summed E-state index contributed by atoms with van der Waals surface area (Å²) in [5.74, 6) is 1.05. The van der Waals surface area contributed by atoms with Crippen molar-refractivity contribution < 1.29 is 14.3 Å². The number of nitrogen functional groups attached to an aromatic ring is 1. The Morgan fingerprint density at radius 2 is 1.89 bits per heavy atom. The summed E-state index contributed by atoms with van der Waals surface area (Å²) in [6.45, 7) is 11.9. The Hall–Kier alpha value is -2.45. The number of benzene rings is 1. The Kier molecular flexibility index (Phi) is 8.67. The lowest BCUT2D eigenvalue weighted by atomic mass is 9.94. The lowest BCUT2D eigenvalue weighted by Gasteiger charge is -2.38. The summed E-state index contributed by atoms with van der Waals surface area (Å²) < 4.78 is 5.70. The quantitative estimate of drug-likeness (QED) is 0.554. The van der Waals surface area contributed by atoms with E-state index in [0.717, 1.165) is 69.5 Å². The molecule has 3 amide bonds. The number of nitrogens with zero attached hydrogens (tertiary/aromatic N) is 3. The third-order valence-electron chi connectivity index (χ3n) is 7.54. The monoisotopic (exact) mass is 517 g/mol. The van der Waals surface area contributed by atoms with E-state index in [-0.39, 0.29) is 18.0 Å². The van der Waals surface area contributed by atoms with Crippen LogP contribution in [0, 0.1) is 5.92 Å². The highest BCUT2D eigenvalue weighted by atomic mass is 35.5. The summed E-state index contributed by atoms with van der Waals surface area (Å²) >= 11 is 6.27. The first kappa shape index (κ1) is 26.6. The summed E-state index contributed by atoms with van der Waals surface area (Å²) in [7, 11) is 0. The molecule has 0 bridgehead atoms. The number of nitrogens with two attached hydrogens (primary N) is 1. The van der Waals surface area contributed by atoms with Gasteiger partial charge < -0.3 is 30.5 Å². The number of carbonyl (C=O) groups excluding carboxylic acids is 2. The number of hydrogen-bond acceptors (Lipinski definition) is 5. The number of fused-ring (bicyclic) bond motifs is 1. The van der Waals surface area contributed by atoms with Crippen LogP contribution in [0.15, 0.2) is 17.8 Å². The van der Waals surface area contributed by atoms with Crippen molar-refractivity contribution in [2.45, 2.75) is 58.9 Å². The predicted octanol–water partition coefficient (Wildman–Crippen LogP) is 4.13. The van der Waals surface area contributed by atoms with Crippen molar-refractivity contribution in [1.82, 2.24) is 20.0 Å². The molecule has 0 saturated carbocycles. The average Bonchev–Trinajstić information content (AvgIpc) is 3.36. The molecular weight excluding hydrogens is 478 g/mol. The number of halogens is 1. The first-order chi connectivity index (χ1) is 17.3. The molecule has 0 unspecified atom stereocenters. The maximum atomic E-state index is 13.0. The second-order valence-electron chi connectivity index (χ2n) is 10.5. The first-order valence-electron chi connectivity index (χ1n) is 13.2. The molecule has 0 aromatic heterocycles. The molecule has 3 heterocycles. The Labute approximate surface area is 219 Å². The van der Waals surface area contributed by atoms with E-state index in [0.29, 0.717) is 47.5 Å². The highest BCUT2D eigenvalue weighted by Gasteiger charge is 2.30. The number of anilines is 1. The van der Waals surface area contributed by atoms with Gasteiger partial charge in [-0.2, -0.15) is 0 Å². The molecule has 3 aliphatic heterocycles. The SMILES string of the molecule is CCN(C=C(C)C)C(=O)N1CCC(CN2CCC(NC(=O)c3cc(Cl)c(N)c4c3OCC4)CC2)CC1. The van der Waals surface area contributed by atoms with Crippen LogP contribution in [-0.2, 0) is 6.42 Å². The van der Waals surface area contributed by atoms with Gasteiger partial charge in [-0.25, -0.2) is 4.79 Å². The first-order valence-corrected chi connectivity index (χ1v) is 13.6. The normalized spacial score (nSPS) is 18.9. The summed E-state index contributed by atoms with van der Waals surface area (Å²) in [4.78, 5) is 32.1. The second kappa shape index (κ2) is 11.7. The summed E-state index contributed by atoms with van der Waals surface area (Å²) in [6, 6.07) is 1.88. The van der Waals surface area contributed by atoms with Crippen LogP contribution in [0.25, 0.3) is 0 Å². The van der Waals surface area contributed by atoms with E-state index >= 15 is 0 Å². The minimum atomic E-state index is -0.139. The van der Waals surface area contributed by atoms with Gasteiger partial charge in [-0.15, -0.1) is 0 Å². The smallest absolute Gasteiger partial charge is 0.323 e. The van der Waals surface area contributed by atoms with Crippen LogP contribution in [-0.4, -0.2) is 78.6 Å². The molecule has 9 heteroatoms. The van der Waals surface area contributed by atoms with Crippen LogP contribution in [0.1, 0.15) is 62.4 Å². The van der Waals surface area contributed by atoms with E-state index in [1.54, 1.807) is 6.07 Å². The van der Waals surface area contributed by atoms with Crippen LogP contribution < -0.4 is 15.8 Å². The minimum Gasteiger partial charge on any atom is -0.492 e. The lowest BCUT2D eigenvalue weighted by molar-refractivity contribution is 0.0887. The van der Waals surface area contributed by atoms with E-state index in [4.69, 9.17) is 22.1 Å². The van der Waals surface area contributed by atoms with Crippen molar-refractivity contribution in [2.75, 3.05) is 51.6 Å². The van der Waals surface area contributed by atoms with Gasteiger partial charge in [0.2, 0.25) is 0 Å². The molecule has 8 nitrogen and oxygen atoms in total. The molecule has 4 rings (SSSR count). The zero-order valence-corrected chi connectivity index (χ0v) is 22.6. The molecule has 0 spiro atoms. The van der Waals surface area contributed by atoms with E-state index in [9.17, 15) is 9.59 Å². The van der Waals surface area contributed by atoms with Crippen LogP contribution in [0.2, 0.25) is 5.02 Å². The van der Waals surface area contributed by atoms with Gasteiger partial charge in [-0.05, 0) is 58.4 Å². The Morgan fingerprint density at radius 1 is 1.19 bits per heavy atom. The van der Waals surface area contributed by atoms with E-state index in [2.05, 4.69) is 10.2 Å². The average molecular weight is 518 g/mol. The molecule has 3 aliphatic rings. The molecule has 36 heavy (non-hydrogen) atoms. The number of hydrogen-bond donors (Lipinski definition) is 2. The Morgan fingerprint density at radius 3 is 2.53 bits per heavy atom. The van der Waals surface area contributed by atoms with Gasteiger partial charge in [-0.3, -0.25) is 4.79 Å². The largest absolute Gasteiger partial charge is 0.492 e. The van der Waals surface area contributed by atoms with E-state index in [1.165, 1.54) is 0 Å². The lowest BCUT2D eigenvalue weighted by Crippen LogP contribution is -2.48. The van der Waals surface area contributed by atoms with Crippen LogP contribution in [0.5, 0.6) is 5.75 Å². The van der Waals surface area contributed by atoms with Crippen molar-refractivity contribution in [1.29, 1.82) is 0 Å². The molecule has 0 aliphatic carbocycles. The van der Waals surface area contributed by atoms with Crippen LogP contribution >= 0.6 is 11.6 Å². The fourth-order valence-electron chi connectivity index (χ4n) is 5.51. The Bertz CT molecular complexity index is 994. The maximum Gasteiger partial charge on any atom is 0.323 e. The zero-order chi connectivity index (χ0) is 25.8. The highest BCUT2D eigenvalue weighted by Crippen LogP contribution is 2.38. The van der Waals surface area contributed by atoms with Crippen LogP contribution in [0.3, 0.4) is 0 Å². The number of urea groups is 1. The molecule has 1 aromatic rings. The standard InChI is InChI=1S/C27H40ClN5O3/c1-4-32(16-18(2)3)27(35)33-12-5-19(6-13-33)17-31-10-7-20(8-11-31)30-26(34)22-15-23(28)24(29)21-9-14-36-25(21)22/h15-16,19-20H,4-14,17,29H2,1-3H3,(H,30,34). The van der Waals surface area contributed by atoms with E-state index < -0.39 is 0 Å². The van der Waals surface area contributed by atoms with Crippen LogP contribution in [0.4, 0.5) is 10.5 Å². The predicted molar refractivity (Wildman–Crippen MR) is 143 cm³/mol. The number of allylic oxidation sites excluding steroid dienone is 1. The van der Waals surface area contributed by atoms with Crippen molar-refractivity contribution >= 4 is 29.2 Å². The molecular formula is C27H40ClN5O3. The topological polar surface area (TPSA) is 91.1 Å². The molecule has 1 aromatic carbocycles. The Balaban J connectivity index is 1.22. The zero-order valence-electron chi connectivity index (χ0n) is 21.8. The number of nitrogens with one attached hydrogen (secondary N) is 1. The number of amides is 3. The summed E-state index contributed by atoms with van der Waals surface area (Å²) in [5, 5.41) is 3.59. The van der Waals surface area contributed by atoms with Crippen molar-refractivity contribution in [3.05, 3.63) is 34.0 Å². The van der Waals surface area contributed by atoms with E-state index in [1.807, 2.05) is 36.8 Å². The fourth-order valence-corrected chi connectivity index (χ4v) is 5.73. The third-order valence-corrected chi connectivity index (χ3v) is 7.85. The molecule has 0 atom stereocenters. The van der Waals surface area contributed by atoms with Crippen molar-refractivity contribution in [2.24, 2.45) is 5.92 Å². The maximum absolute atomic E-state index is 13.0. The minimum absolute atomic E-state index is 0.118. The van der Waals surface area contributed by atoms with Gasteiger partial charge in [-0.1, -0.05) is 17.2 Å². The number of carbonyl (C=O) groups is 2. The highest BCUT2D eigenvalue weighted by molar-refractivity contribution is 6.33. The van der Waals surface area contributed by atoms with Gasteiger partial charge in [0.15, 0.2) is 0 Å². The third kappa shape index (κ3) is 6.09. The van der Waals surface area contributed by atoms with Gasteiger partial charge in [0.1, 0.15) is 5.75 Å². The summed E-state index contributed by atoms with van der Waals surface area (Å²) in [6.07, 6.45) is 6.54. The van der Waals surface area contributed by atoms with Crippen molar-refractivity contribution in [3.8, 4) is 5.75 Å². The number of piperidine rings is 2. The number of ether oxygens (including phenoxy) is 1. The molecule has 2 saturated heterocycles. The summed E-state index contributed by atoms with van der Waals surface area (Å²) in [5.41, 5.74) is 9.04. The van der Waals surface area contributed by atoms with Gasteiger partial charge in [0.25, 0.3) is 5.91 Å². The fraction of sp³-hybridized carbons (Fsp3) is 0.630. The molecule has 3 N–H and O–H groups in total. The number of rotatable bonds is 6. The molecule has 198 valence electrons. The molecule has 0 radical (unpaired) electrons.